The molecule has 2 heterocycles. The zero-order valence-corrected chi connectivity index (χ0v) is 22.8. The molecule has 0 bridgehead atoms. The van der Waals surface area contributed by atoms with Crippen molar-refractivity contribution < 1.29 is 32.7 Å². The first-order chi connectivity index (χ1) is 17.9. The molecular weight excluding hydrogens is 540 g/mol. The lowest BCUT2D eigenvalue weighted by Gasteiger charge is -2.31. The predicted molar refractivity (Wildman–Crippen MR) is 140 cm³/mol. The largest absolute Gasteiger partial charge is 0.463 e. The minimum absolute atomic E-state index is 0.0725. The molecule has 1 aliphatic heterocycles. The van der Waals surface area contributed by atoms with Crippen molar-refractivity contribution in [3.63, 3.8) is 0 Å². The van der Waals surface area contributed by atoms with Crippen LogP contribution in [0.2, 0.25) is 4.34 Å². The zero-order chi connectivity index (χ0) is 28.0. The molecule has 206 valence electrons. The van der Waals surface area contributed by atoms with Gasteiger partial charge in [-0.1, -0.05) is 43.6 Å². The van der Waals surface area contributed by atoms with Crippen molar-refractivity contribution in [3.8, 4) is 0 Å². The average Bonchev–Trinajstić information content (AvgIpc) is 3.44. The number of thiophene rings is 1. The third-order valence-corrected chi connectivity index (χ3v) is 7.42. The molecule has 0 spiro atoms. The molecule has 0 radical (unpaired) electrons. The van der Waals surface area contributed by atoms with Crippen LogP contribution in [-0.2, 0) is 36.8 Å². The monoisotopic (exact) mass is 569 g/mol. The maximum absolute atomic E-state index is 13.9. The van der Waals surface area contributed by atoms with E-state index in [1.54, 1.807) is 6.07 Å². The molecule has 3 N–H and O–H groups in total. The second-order valence-electron chi connectivity index (χ2n) is 9.62. The van der Waals surface area contributed by atoms with Gasteiger partial charge >= 0.3 is 5.97 Å². The molecule has 0 fully saturated rings. The highest BCUT2D eigenvalue weighted by Gasteiger charge is 2.45. The number of ketones is 1. The standard InChI is InChI=1S/C26H30ClF2N3O5S/c1-14(2)10-19(23(34)30-18(11-21(28)29)22(33)24(35)37-3)31-25(36)26(13-16-8-9-20(27)38-16)12-15-6-4-5-7-17(15)32-26/h4-9,14,18-19,21,32H,10-13H2,1-3H3,(H,30,34)(H,31,36)/t18-,19-,26-/m0/s1. The Bertz CT molecular complexity index is 1160. The van der Waals surface area contributed by atoms with E-state index in [-0.39, 0.29) is 18.8 Å². The highest BCUT2D eigenvalue weighted by atomic mass is 35.5. The van der Waals surface area contributed by atoms with Gasteiger partial charge in [-0.25, -0.2) is 13.6 Å². The molecule has 0 saturated heterocycles. The van der Waals surface area contributed by atoms with E-state index in [1.807, 2.05) is 44.2 Å². The summed E-state index contributed by atoms with van der Waals surface area (Å²) in [5.41, 5.74) is 0.573. The number of hydrogen-bond acceptors (Lipinski definition) is 7. The fourth-order valence-electron chi connectivity index (χ4n) is 4.42. The molecule has 2 amide bonds. The number of methoxy groups -OCH3 is 1. The molecular formula is C26H30ClF2N3O5S. The van der Waals surface area contributed by atoms with Gasteiger partial charge < -0.3 is 20.7 Å². The Kier molecular flexibility index (Phi) is 9.83. The van der Waals surface area contributed by atoms with Crippen LogP contribution in [0.3, 0.4) is 0 Å². The Morgan fingerprint density at radius 2 is 1.79 bits per heavy atom. The van der Waals surface area contributed by atoms with Gasteiger partial charge in [0, 0.05) is 29.8 Å². The molecule has 3 rings (SSSR count). The molecule has 8 nitrogen and oxygen atoms in total. The second-order valence-corrected chi connectivity index (χ2v) is 11.4. The van der Waals surface area contributed by atoms with Crippen LogP contribution in [0.5, 0.6) is 0 Å². The fraction of sp³-hybridized carbons (Fsp3) is 0.462. The topological polar surface area (TPSA) is 114 Å². The number of benzene rings is 1. The number of nitrogens with one attached hydrogen (secondary N) is 3. The van der Waals surface area contributed by atoms with Crippen molar-refractivity contribution >= 4 is 52.2 Å². The van der Waals surface area contributed by atoms with Crippen LogP contribution in [0.1, 0.15) is 37.1 Å². The van der Waals surface area contributed by atoms with Gasteiger partial charge in [0.1, 0.15) is 17.6 Å². The lowest BCUT2D eigenvalue weighted by atomic mass is 9.88. The summed E-state index contributed by atoms with van der Waals surface area (Å²) < 4.78 is 31.2. The minimum Gasteiger partial charge on any atom is -0.463 e. The highest BCUT2D eigenvalue weighted by molar-refractivity contribution is 7.16. The number of amides is 2. The molecule has 0 saturated carbocycles. The van der Waals surface area contributed by atoms with Crippen molar-refractivity contribution in [1.82, 2.24) is 10.6 Å². The van der Waals surface area contributed by atoms with E-state index in [1.165, 1.54) is 11.3 Å². The normalized spacial score (nSPS) is 17.9. The number of anilines is 1. The van der Waals surface area contributed by atoms with Crippen LogP contribution in [0.15, 0.2) is 36.4 Å². The summed E-state index contributed by atoms with van der Waals surface area (Å²) in [6, 6.07) is 8.11. The zero-order valence-electron chi connectivity index (χ0n) is 21.2. The van der Waals surface area contributed by atoms with E-state index in [2.05, 4.69) is 20.7 Å². The van der Waals surface area contributed by atoms with Crippen LogP contribution in [0.25, 0.3) is 0 Å². The van der Waals surface area contributed by atoms with E-state index in [0.29, 0.717) is 10.8 Å². The number of rotatable bonds is 12. The van der Waals surface area contributed by atoms with Crippen LogP contribution in [-0.4, -0.2) is 54.7 Å². The molecule has 3 atom stereocenters. The first-order valence-corrected chi connectivity index (χ1v) is 13.3. The first kappa shape index (κ1) is 29.5. The summed E-state index contributed by atoms with van der Waals surface area (Å²) in [6.07, 6.45) is -3.24. The quantitative estimate of drug-likeness (QED) is 0.265. The number of alkyl halides is 2. The summed E-state index contributed by atoms with van der Waals surface area (Å²) >= 11 is 7.46. The van der Waals surface area contributed by atoms with Gasteiger partial charge in [0.2, 0.25) is 18.2 Å². The molecule has 0 aliphatic carbocycles. The number of halogens is 3. The van der Waals surface area contributed by atoms with E-state index >= 15 is 0 Å². The van der Waals surface area contributed by atoms with Crippen LogP contribution in [0, 0.1) is 5.92 Å². The van der Waals surface area contributed by atoms with Crippen molar-refractivity contribution in [2.24, 2.45) is 5.92 Å². The van der Waals surface area contributed by atoms with Crippen LogP contribution in [0.4, 0.5) is 14.5 Å². The van der Waals surface area contributed by atoms with Gasteiger partial charge in [-0.2, -0.15) is 0 Å². The summed E-state index contributed by atoms with van der Waals surface area (Å²) in [7, 11) is 0.941. The number of hydrogen-bond donors (Lipinski definition) is 3. The van der Waals surface area contributed by atoms with Crippen molar-refractivity contribution in [2.45, 2.75) is 63.6 Å². The molecule has 1 aromatic heterocycles. The lowest BCUT2D eigenvalue weighted by Crippen LogP contribution is -2.60. The molecule has 38 heavy (non-hydrogen) atoms. The van der Waals surface area contributed by atoms with E-state index in [0.717, 1.165) is 23.2 Å². The lowest BCUT2D eigenvalue weighted by molar-refractivity contribution is -0.153. The van der Waals surface area contributed by atoms with Crippen molar-refractivity contribution in [2.75, 3.05) is 12.4 Å². The molecule has 1 aliphatic rings. The van der Waals surface area contributed by atoms with E-state index in [4.69, 9.17) is 11.6 Å². The number of carbonyl (C=O) groups is 4. The van der Waals surface area contributed by atoms with E-state index < -0.39 is 54.0 Å². The number of carbonyl (C=O) groups excluding carboxylic acids is 4. The fourth-order valence-corrected chi connectivity index (χ4v) is 5.62. The van der Waals surface area contributed by atoms with Gasteiger partial charge in [-0.15, -0.1) is 11.3 Å². The molecule has 0 unspecified atom stereocenters. The summed E-state index contributed by atoms with van der Waals surface area (Å²) in [6.45, 7) is 3.66. The van der Waals surface area contributed by atoms with Crippen molar-refractivity contribution in [3.05, 3.63) is 51.2 Å². The van der Waals surface area contributed by atoms with Gasteiger partial charge in [0.25, 0.3) is 5.78 Å². The van der Waals surface area contributed by atoms with Gasteiger partial charge in [-0.3, -0.25) is 14.4 Å². The third kappa shape index (κ3) is 7.28. The van der Waals surface area contributed by atoms with Crippen molar-refractivity contribution in [1.29, 1.82) is 0 Å². The Hall–Kier alpha value is -3.05. The Morgan fingerprint density at radius 3 is 2.37 bits per heavy atom. The predicted octanol–water partition coefficient (Wildman–Crippen LogP) is 3.76. The number of Topliss-reactive ketones (excluding diaryl/α,β-unsaturated/α-hetero) is 1. The van der Waals surface area contributed by atoms with Gasteiger partial charge in [-0.05, 0) is 36.1 Å². The van der Waals surface area contributed by atoms with Gasteiger partial charge in [0.05, 0.1) is 11.4 Å². The molecule has 12 heteroatoms. The minimum atomic E-state index is -2.96. The smallest absolute Gasteiger partial charge is 0.376 e. The molecule has 1 aromatic carbocycles. The number of esters is 1. The molecule has 2 aromatic rings. The summed E-state index contributed by atoms with van der Waals surface area (Å²) in [5, 5.41) is 8.32. The van der Waals surface area contributed by atoms with Crippen LogP contribution >= 0.6 is 22.9 Å². The highest BCUT2D eigenvalue weighted by Crippen LogP contribution is 2.37. The van der Waals surface area contributed by atoms with Crippen LogP contribution < -0.4 is 16.0 Å². The average molecular weight is 570 g/mol. The van der Waals surface area contributed by atoms with E-state index in [9.17, 15) is 28.0 Å². The van der Waals surface area contributed by atoms with Gasteiger partial charge in [0.15, 0.2) is 0 Å². The third-order valence-electron chi connectivity index (χ3n) is 6.19. The maximum Gasteiger partial charge on any atom is 0.376 e. The summed E-state index contributed by atoms with van der Waals surface area (Å²) in [5.74, 6) is -4.03. The maximum atomic E-state index is 13.9. The number of para-hydroxylation sites is 1. The summed E-state index contributed by atoms with van der Waals surface area (Å²) in [4.78, 5) is 51.9. The SMILES string of the molecule is COC(=O)C(=O)[C@H](CC(F)F)NC(=O)[C@H](CC(C)C)NC(=O)[C@@]1(Cc2ccc(Cl)s2)Cc2ccccc2N1. The Morgan fingerprint density at radius 1 is 1.08 bits per heavy atom. The number of fused-ring (bicyclic) bond motifs is 1. The first-order valence-electron chi connectivity index (χ1n) is 12.1. The Labute approximate surface area is 228 Å². The Balaban J connectivity index is 1.86. The number of ether oxygens (including phenoxy) is 1. The second kappa shape index (κ2) is 12.7.